The highest BCUT2D eigenvalue weighted by atomic mass is 79.9. The number of rotatable bonds is 5. The van der Waals surface area contributed by atoms with E-state index in [4.69, 9.17) is 5.11 Å². The quantitative estimate of drug-likeness (QED) is 0.769. The average Bonchev–Trinajstić information content (AvgIpc) is 2.29. The summed E-state index contributed by atoms with van der Waals surface area (Å²) in [4.78, 5) is 22.0. The van der Waals surface area contributed by atoms with Crippen LogP contribution in [0.5, 0.6) is 0 Å². The zero-order valence-corrected chi connectivity index (χ0v) is 10.8. The van der Waals surface area contributed by atoms with Crippen molar-refractivity contribution >= 4 is 33.5 Å². The van der Waals surface area contributed by atoms with Crippen LogP contribution in [0, 0.1) is 0 Å². The fourth-order valence-corrected chi connectivity index (χ4v) is 1.47. The number of benzene rings is 1. The van der Waals surface area contributed by atoms with Gasteiger partial charge in [0.25, 0.3) is 0 Å². The lowest BCUT2D eigenvalue weighted by Crippen LogP contribution is -2.39. The molecule has 1 rings (SSSR count). The number of halogens is 1. The van der Waals surface area contributed by atoms with Gasteiger partial charge in [0, 0.05) is 4.47 Å². The predicted octanol–water partition coefficient (Wildman–Crippen LogP) is 1.45. The lowest BCUT2D eigenvalue weighted by Gasteiger charge is -2.10. The normalized spacial score (nSPS) is 11.9. The molecule has 0 aliphatic rings. The van der Waals surface area contributed by atoms with E-state index in [-0.39, 0.29) is 12.5 Å². The van der Waals surface area contributed by atoms with Crippen LogP contribution in [0.3, 0.4) is 0 Å². The average molecular weight is 301 g/mol. The van der Waals surface area contributed by atoms with Crippen LogP contribution in [0.15, 0.2) is 28.7 Å². The van der Waals surface area contributed by atoms with E-state index in [1.165, 1.54) is 6.92 Å². The Labute approximate surface area is 107 Å². The number of carboxylic acids is 1. The van der Waals surface area contributed by atoms with Gasteiger partial charge in [-0.3, -0.25) is 14.9 Å². The number of carbonyl (C=O) groups is 2. The number of amides is 1. The van der Waals surface area contributed by atoms with Crippen LogP contribution >= 0.6 is 15.9 Å². The third-order valence-electron chi connectivity index (χ3n) is 2.09. The van der Waals surface area contributed by atoms with Crippen LogP contribution in [-0.4, -0.2) is 29.6 Å². The van der Waals surface area contributed by atoms with Crippen LogP contribution in [0.4, 0.5) is 5.69 Å². The minimum atomic E-state index is -0.987. The molecule has 3 N–H and O–H groups in total. The third-order valence-corrected chi connectivity index (χ3v) is 2.78. The van der Waals surface area contributed by atoms with Crippen LogP contribution in [0.2, 0.25) is 0 Å². The Morgan fingerprint density at radius 1 is 1.41 bits per heavy atom. The summed E-state index contributed by atoms with van der Waals surface area (Å²) in [5.41, 5.74) is 0.655. The minimum absolute atomic E-state index is 0.0468. The first-order valence-corrected chi connectivity index (χ1v) is 5.80. The zero-order valence-electron chi connectivity index (χ0n) is 9.24. The Bertz CT molecular complexity index is 423. The largest absolute Gasteiger partial charge is 0.480 e. The molecule has 1 aromatic carbocycles. The Morgan fingerprint density at radius 2 is 2.06 bits per heavy atom. The number of hydrogen-bond donors (Lipinski definition) is 3. The second kappa shape index (κ2) is 6.36. The van der Waals surface area contributed by atoms with Gasteiger partial charge < -0.3 is 10.4 Å². The van der Waals surface area contributed by atoms with Crippen molar-refractivity contribution in [1.29, 1.82) is 0 Å². The summed E-state index contributed by atoms with van der Waals surface area (Å²) < 4.78 is 0.777. The first kappa shape index (κ1) is 13.7. The Morgan fingerprint density at radius 3 is 2.65 bits per heavy atom. The fraction of sp³-hybridized carbons (Fsp3) is 0.273. The van der Waals surface area contributed by atoms with Crippen molar-refractivity contribution in [3.63, 3.8) is 0 Å². The van der Waals surface area contributed by atoms with E-state index in [0.29, 0.717) is 5.69 Å². The molecule has 0 fully saturated rings. The van der Waals surface area contributed by atoms with Crippen LogP contribution in [0.25, 0.3) is 0 Å². The predicted molar refractivity (Wildman–Crippen MR) is 67.9 cm³/mol. The highest BCUT2D eigenvalue weighted by Crippen LogP contribution is 2.20. The summed E-state index contributed by atoms with van der Waals surface area (Å²) in [6, 6.07) is 6.45. The number of para-hydroxylation sites is 1. The van der Waals surface area contributed by atoms with Crippen LogP contribution in [0.1, 0.15) is 6.92 Å². The van der Waals surface area contributed by atoms with Crippen molar-refractivity contribution in [2.45, 2.75) is 13.0 Å². The van der Waals surface area contributed by atoms with Crippen molar-refractivity contribution in [3.05, 3.63) is 28.7 Å². The Kier molecular flexibility index (Phi) is 5.11. The molecule has 0 bridgehead atoms. The molecule has 1 amide bonds. The van der Waals surface area contributed by atoms with Crippen molar-refractivity contribution in [1.82, 2.24) is 5.32 Å². The first-order chi connectivity index (χ1) is 8.00. The monoisotopic (exact) mass is 300 g/mol. The summed E-state index contributed by atoms with van der Waals surface area (Å²) in [7, 11) is 0. The standard InChI is InChI=1S/C11H13BrN2O3/c1-7(11(16)17)13-6-10(15)14-9-5-3-2-4-8(9)12/h2-5,7,13H,6H2,1H3,(H,14,15)(H,16,17)/t7-/m0/s1. The second-order valence-corrected chi connectivity index (χ2v) is 4.32. The second-order valence-electron chi connectivity index (χ2n) is 3.47. The van der Waals surface area contributed by atoms with Gasteiger partial charge in [-0.2, -0.15) is 0 Å². The molecular weight excluding hydrogens is 288 g/mol. The molecule has 92 valence electrons. The summed E-state index contributed by atoms with van der Waals surface area (Å²) in [5.74, 6) is -1.27. The lowest BCUT2D eigenvalue weighted by atomic mass is 10.3. The van der Waals surface area contributed by atoms with Gasteiger partial charge in [0.1, 0.15) is 6.04 Å². The fourth-order valence-electron chi connectivity index (χ4n) is 1.09. The van der Waals surface area contributed by atoms with Crippen molar-refractivity contribution in [2.75, 3.05) is 11.9 Å². The SMILES string of the molecule is C[C@H](NCC(=O)Nc1ccccc1Br)C(=O)O. The van der Waals surface area contributed by atoms with E-state index >= 15 is 0 Å². The molecule has 0 heterocycles. The molecule has 5 nitrogen and oxygen atoms in total. The summed E-state index contributed by atoms with van der Waals surface area (Å²) in [6.45, 7) is 1.43. The van der Waals surface area contributed by atoms with Crippen molar-refractivity contribution < 1.29 is 14.7 Å². The minimum Gasteiger partial charge on any atom is -0.480 e. The molecule has 0 radical (unpaired) electrons. The van der Waals surface area contributed by atoms with E-state index < -0.39 is 12.0 Å². The highest BCUT2D eigenvalue weighted by Gasteiger charge is 2.12. The Balaban J connectivity index is 2.46. The molecule has 0 aliphatic carbocycles. The number of carboxylic acid groups (broad SMARTS) is 1. The number of hydrogen-bond acceptors (Lipinski definition) is 3. The van der Waals surface area contributed by atoms with Gasteiger partial charge in [0.2, 0.25) is 5.91 Å². The number of nitrogens with one attached hydrogen (secondary N) is 2. The maximum absolute atomic E-state index is 11.5. The smallest absolute Gasteiger partial charge is 0.320 e. The maximum atomic E-state index is 11.5. The lowest BCUT2D eigenvalue weighted by molar-refractivity contribution is -0.139. The molecule has 6 heteroatoms. The molecule has 1 atom stereocenters. The van der Waals surface area contributed by atoms with Crippen LogP contribution in [-0.2, 0) is 9.59 Å². The number of aliphatic carboxylic acids is 1. The van der Waals surface area contributed by atoms with Gasteiger partial charge in [-0.05, 0) is 35.0 Å². The van der Waals surface area contributed by atoms with E-state index in [1.807, 2.05) is 12.1 Å². The van der Waals surface area contributed by atoms with Gasteiger partial charge in [0.05, 0.1) is 12.2 Å². The molecule has 0 spiro atoms. The van der Waals surface area contributed by atoms with Crippen LogP contribution < -0.4 is 10.6 Å². The summed E-state index contributed by atoms with van der Waals surface area (Å²) in [5, 5.41) is 13.9. The summed E-state index contributed by atoms with van der Waals surface area (Å²) in [6.07, 6.45) is 0. The summed E-state index contributed by atoms with van der Waals surface area (Å²) >= 11 is 3.30. The molecule has 0 saturated carbocycles. The van der Waals surface area contributed by atoms with E-state index in [0.717, 1.165) is 4.47 Å². The highest BCUT2D eigenvalue weighted by molar-refractivity contribution is 9.10. The molecule has 0 unspecified atom stereocenters. The molecular formula is C11H13BrN2O3. The maximum Gasteiger partial charge on any atom is 0.320 e. The van der Waals surface area contributed by atoms with Gasteiger partial charge in [0.15, 0.2) is 0 Å². The van der Waals surface area contributed by atoms with E-state index in [9.17, 15) is 9.59 Å². The topological polar surface area (TPSA) is 78.4 Å². The molecule has 17 heavy (non-hydrogen) atoms. The van der Waals surface area contributed by atoms with E-state index in [1.54, 1.807) is 12.1 Å². The Hall–Kier alpha value is -1.40. The zero-order chi connectivity index (χ0) is 12.8. The van der Waals surface area contributed by atoms with Gasteiger partial charge >= 0.3 is 5.97 Å². The molecule has 0 aromatic heterocycles. The van der Waals surface area contributed by atoms with Gasteiger partial charge in [-0.1, -0.05) is 12.1 Å². The van der Waals surface area contributed by atoms with Crippen molar-refractivity contribution in [2.24, 2.45) is 0 Å². The first-order valence-electron chi connectivity index (χ1n) is 5.01. The number of anilines is 1. The van der Waals surface area contributed by atoms with Crippen molar-refractivity contribution in [3.8, 4) is 0 Å². The molecule has 1 aromatic rings. The molecule has 0 saturated heterocycles. The molecule has 0 aliphatic heterocycles. The van der Waals surface area contributed by atoms with Gasteiger partial charge in [-0.15, -0.1) is 0 Å². The number of carbonyl (C=O) groups excluding carboxylic acids is 1. The van der Waals surface area contributed by atoms with Gasteiger partial charge in [-0.25, -0.2) is 0 Å². The van der Waals surface area contributed by atoms with E-state index in [2.05, 4.69) is 26.6 Å². The third kappa shape index (κ3) is 4.54.